The van der Waals surface area contributed by atoms with Crippen LogP contribution in [0.5, 0.6) is 5.75 Å². The van der Waals surface area contributed by atoms with Crippen molar-refractivity contribution in [1.29, 1.82) is 0 Å². The quantitative estimate of drug-likeness (QED) is 0.403. The first-order chi connectivity index (χ1) is 17.8. The third kappa shape index (κ3) is 4.45. The van der Waals surface area contributed by atoms with Crippen LogP contribution < -0.4 is 14.5 Å². The van der Waals surface area contributed by atoms with Crippen molar-refractivity contribution in [2.24, 2.45) is 5.92 Å². The van der Waals surface area contributed by atoms with Gasteiger partial charge in [-0.05, 0) is 54.4 Å². The van der Waals surface area contributed by atoms with Crippen molar-refractivity contribution >= 4 is 44.8 Å². The molecule has 2 heterocycles. The first-order valence-electron chi connectivity index (χ1n) is 12.1. The second kappa shape index (κ2) is 10.1. The zero-order valence-electron chi connectivity index (χ0n) is 20.3. The summed E-state index contributed by atoms with van der Waals surface area (Å²) in [5.41, 5.74) is 1.57. The number of hydrogen-bond acceptors (Lipinski definition) is 5. The number of anilines is 3. The summed E-state index contributed by atoms with van der Waals surface area (Å²) in [5, 5.41) is 20.9. The lowest BCUT2D eigenvalue weighted by Crippen LogP contribution is -2.44. The molecule has 2 atom stereocenters. The number of ether oxygens (including phenoxy) is 1. The van der Waals surface area contributed by atoms with Crippen LogP contribution in [-0.4, -0.2) is 35.2 Å². The van der Waals surface area contributed by atoms with E-state index in [0.717, 1.165) is 10.0 Å². The summed E-state index contributed by atoms with van der Waals surface area (Å²) < 4.78 is 6.33. The van der Waals surface area contributed by atoms with E-state index >= 15 is 0 Å². The highest BCUT2D eigenvalue weighted by Gasteiger charge is 2.52. The van der Waals surface area contributed by atoms with Crippen LogP contribution in [0.2, 0.25) is 0 Å². The average Bonchev–Trinajstić information content (AvgIpc) is 3.11. The number of amides is 2. The highest BCUT2D eigenvalue weighted by molar-refractivity contribution is 9.10. The van der Waals surface area contributed by atoms with Gasteiger partial charge in [0.15, 0.2) is 12.2 Å². The molecule has 7 nitrogen and oxygen atoms in total. The maximum Gasteiger partial charge on any atom is 0.269 e. The van der Waals surface area contributed by atoms with Gasteiger partial charge in [0, 0.05) is 28.2 Å². The second-order valence-corrected chi connectivity index (χ2v) is 10.1. The van der Waals surface area contributed by atoms with E-state index in [2.05, 4.69) is 15.9 Å². The molecule has 3 aromatic carbocycles. The summed E-state index contributed by atoms with van der Waals surface area (Å²) in [6.07, 6.45) is 3.99. The van der Waals surface area contributed by atoms with E-state index < -0.39 is 17.4 Å². The Morgan fingerprint density at radius 2 is 1.89 bits per heavy atom. The van der Waals surface area contributed by atoms with Crippen molar-refractivity contribution in [2.75, 3.05) is 23.0 Å². The predicted octanol–water partition coefficient (Wildman–Crippen LogP) is 4.82. The minimum absolute atomic E-state index is 0.00365. The normalized spacial score (nSPS) is 19.7. The molecule has 0 bridgehead atoms. The fourth-order valence-corrected chi connectivity index (χ4v) is 5.31. The van der Waals surface area contributed by atoms with E-state index in [-0.39, 0.29) is 25.7 Å². The third-order valence-corrected chi connectivity index (χ3v) is 7.32. The Kier molecular flexibility index (Phi) is 6.90. The van der Waals surface area contributed by atoms with Gasteiger partial charge in [-0.1, -0.05) is 59.3 Å². The molecule has 190 valence electrons. The van der Waals surface area contributed by atoms with Crippen LogP contribution in [0.3, 0.4) is 0 Å². The predicted molar refractivity (Wildman–Crippen MR) is 145 cm³/mol. The van der Waals surface area contributed by atoms with E-state index in [0.29, 0.717) is 34.8 Å². The van der Waals surface area contributed by atoms with Crippen molar-refractivity contribution < 1.29 is 24.5 Å². The summed E-state index contributed by atoms with van der Waals surface area (Å²) in [4.78, 5) is 29.8. The van der Waals surface area contributed by atoms with E-state index in [1.807, 2.05) is 60.7 Å². The molecule has 0 unspecified atom stereocenters. The fraction of sp³-hybridized carbons (Fsp3) is 0.241. The first-order valence-corrected chi connectivity index (χ1v) is 12.9. The monoisotopic (exact) mass is 562 g/mol. The third-order valence-electron chi connectivity index (χ3n) is 6.83. The molecule has 2 aliphatic rings. The molecule has 0 fully saturated rings. The number of aliphatic hydroxyl groups excluding tert-OH is 1. The van der Waals surface area contributed by atoms with Gasteiger partial charge >= 0.3 is 0 Å². The number of benzene rings is 3. The molecule has 2 N–H and O–H groups in total. The number of hydrogen-bond donors (Lipinski definition) is 2. The topological polar surface area (TPSA) is 90.3 Å². The average molecular weight is 563 g/mol. The summed E-state index contributed by atoms with van der Waals surface area (Å²) >= 11 is 3.47. The molecule has 8 heteroatoms. The van der Waals surface area contributed by atoms with E-state index in [1.54, 1.807) is 34.9 Å². The Hall–Kier alpha value is -3.46. The minimum atomic E-state index is -1.75. The number of halogens is 1. The molecule has 3 aromatic rings. The Morgan fingerprint density at radius 3 is 2.70 bits per heavy atom. The van der Waals surface area contributed by atoms with Crippen molar-refractivity contribution in [3.63, 3.8) is 0 Å². The zero-order chi connectivity index (χ0) is 26.2. The van der Waals surface area contributed by atoms with Crippen LogP contribution in [-0.2, 0) is 21.7 Å². The van der Waals surface area contributed by atoms with Crippen LogP contribution >= 0.6 is 15.9 Å². The van der Waals surface area contributed by atoms with Gasteiger partial charge in [-0.2, -0.15) is 0 Å². The van der Waals surface area contributed by atoms with Crippen molar-refractivity contribution in [3.8, 4) is 5.75 Å². The molecule has 0 spiro atoms. The first kappa shape index (κ1) is 25.2. The molecule has 0 saturated heterocycles. The number of carbonyl (C=O) groups is 2. The lowest BCUT2D eigenvalue weighted by atomic mass is 9.83. The van der Waals surface area contributed by atoms with Gasteiger partial charge in [-0.25, -0.2) is 0 Å². The van der Waals surface area contributed by atoms with Gasteiger partial charge < -0.3 is 19.8 Å². The van der Waals surface area contributed by atoms with Gasteiger partial charge in [-0.3, -0.25) is 14.5 Å². The molecular formula is C29H27BrN2O5. The van der Waals surface area contributed by atoms with Crippen LogP contribution in [0.4, 0.5) is 17.1 Å². The number of aliphatic hydroxyl groups is 2. The molecular weight excluding hydrogens is 536 g/mol. The van der Waals surface area contributed by atoms with Gasteiger partial charge in [0.05, 0.1) is 17.9 Å². The van der Waals surface area contributed by atoms with Crippen LogP contribution in [0.15, 0.2) is 83.4 Å². The highest BCUT2D eigenvalue weighted by atomic mass is 79.9. The molecule has 0 saturated carbocycles. The summed E-state index contributed by atoms with van der Waals surface area (Å²) in [6.45, 7) is 1.96. The summed E-state index contributed by atoms with van der Waals surface area (Å²) in [5.74, 6) is -0.477. The summed E-state index contributed by atoms with van der Waals surface area (Å²) in [7, 11) is 0. The maximum atomic E-state index is 13.8. The standard InChI is InChI=1S/C29H27BrN2O5/c1-19(7-4-5-14-33)29(36)23-16-21(30)12-13-24(23)31(28(29)35)17-20-8-6-9-22(15-20)32-25-10-2-3-11-26(25)37-18-27(32)34/h2-4,6-13,15-16,19,33,36H,5,14,17-18H2,1H3/b7-4+/t19-,29+/m1/s1. The van der Waals surface area contributed by atoms with Crippen LogP contribution in [0.1, 0.15) is 24.5 Å². The van der Waals surface area contributed by atoms with Gasteiger partial charge in [0.25, 0.3) is 11.8 Å². The Morgan fingerprint density at radius 1 is 1.08 bits per heavy atom. The Labute approximate surface area is 223 Å². The zero-order valence-corrected chi connectivity index (χ0v) is 21.9. The summed E-state index contributed by atoms with van der Waals surface area (Å²) in [6, 6.07) is 20.3. The number of nitrogens with zero attached hydrogens (tertiary/aromatic N) is 2. The van der Waals surface area contributed by atoms with Crippen molar-refractivity contribution in [2.45, 2.75) is 25.5 Å². The highest BCUT2D eigenvalue weighted by Crippen LogP contribution is 2.47. The molecule has 2 aliphatic heterocycles. The Balaban J connectivity index is 1.49. The molecule has 0 aromatic heterocycles. The fourth-order valence-electron chi connectivity index (χ4n) is 4.95. The smallest absolute Gasteiger partial charge is 0.269 e. The SMILES string of the molecule is C[C@H](/C=C/CCO)[C@@]1(O)C(=O)N(Cc2cccc(N3C(=O)COc4ccccc43)c2)c2ccc(Br)cc21. The van der Waals surface area contributed by atoms with Crippen LogP contribution in [0.25, 0.3) is 0 Å². The van der Waals surface area contributed by atoms with E-state index in [4.69, 9.17) is 9.84 Å². The number of para-hydroxylation sites is 2. The van der Waals surface area contributed by atoms with E-state index in [1.165, 1.54) is 0 Å². The molecule has 37 heavy (non-hydrogen) atoms. The van der Waals surface area contributed by atoms with E-state index in [9.17, 15) is 14.7 Å². The largest absolute Gasteiger partial charge is 0.482 e. The molecule has 5 rings (SSSR count). The number of fused-ring (bicyclic) bond motifs is 2. The van der Waals surface area contributed by atoms with Gasteiger partial charge in [0.2, 0.25) is 0 Å². The molecule has 0 aliphatic carbocycles. The maximum absolute atomic E-state index is 13.8. The van der Waals surface area contributed by atoms with Gasteiger partial charge in [0.1, 0.15) is 5.75 Å². The lowest BCUT2D eigenvalue weighted by molar-refractivity contribution is -0.139. The Bertz CT molecular complexity index is 1390. The van der Waals surface area contributed by atoms with Crippen molar-refractivity contribution in [3.05, 3.63) is 94.5 Å². The second-order valence-electron chi connectivity index (χ2n) is 9.20. The number of carbonyl (C=O) groups excluding carboxylic acids is 2. The molecule has 0 radical (unpaired) electrons. The van der Waals surface area contributed by atoms with Gasteiger partial charge in [-0.15, -0.1) is 0 Å². The van der Waals surface area contributed by atoms with Crippen molar-refractivity contribution in [1.82, 2.24) is 0 Å². The minimum Gasteiger partial charge on any atom is -0.482 e. The molecule has 2 amide bonds. The van der Waals surface area contributed by atoms with Crippen LogP contribution in [0, 0.1) is 5.92 Å². The number of rotatable bonds is 7. The lowest BCUT2D eigenvalue weighted by Gasteiger charge is -2.30.